The van der Waals surface area contributed by atoms with E-state index in [1.807, 2.05) is 32.9 Å². The van der Waals surface area contributed by atoms with Gasteiger partial charge in [0.2, 0.25) is 0 Å². The monoisotopic (exact) mass is 241 g/mol. The first-order chi connectivity index (χ1) is 11.0. The van der Waals surface area contributed by atoms with Crippen molar-refractivity contribution in [3.63, 3.8) is 0 Å². The zero-order valence-corrected chi connectivity index (χ0v) is 10.4. The zero-order chi connectivity index (χ0) is 19.5. The van der Waals surface area contributed by atoms with E-state index in [2.05, 4.69) is 4.74 Å². The lowest BCUT2D eigenvalue weighted by Crippen LogP contribution is -2.36. The normalized spacial score (nSPS) is 37.1. The Balaban J connectivity index is 2.56. The fourth-order valence-electron chi connectivity index (χ4n) is 1.85. The molecule has 0 bridgehead atoms. The van der Waals surface area contributed by atoms with Crippen LogP contribution in [0.15, 0.2) is 24.3 Å². The van der Waals surface area contributed by atoms with Crippen molar-refractivity contribution in [2.24, 2.45) is 0 Å². The van der Waals surface area contributed by atoms with E-state index in [9.17, 15) is 0 Å². The van der Waals surface area contributed by atoms with Gasteiger partial charge in [-0.05, 0) is 16.5 Å². The van der Waals surface area contributed by atoms with Crippen molar-refractivity contribution >= 4 is 0 Å². The number of ether oxygens (including phenoxy) is 1. The molecule has 0 unspecified atom stereocenters. The molecule has 2 nitrogen and oxygen atoms in total. The summed E-state index contributed by atoms with van der Waals surface area (Å²) in [6, 6.07) is 7.13. The molecule has 17 heavy (non-hydrogen) atoms. The van der Waals surface area contributed by atoms with Crippen LogP contribution in [-0.4, -0.2) is 31.0 Å². The molecule has 1 aromatic rings. The van der Waals surface area contributed by atoms with Gasteiger partial charge in [-0.2, -0.15) is 0 Å². The minimum Gasteiger partial charge on any atom is -0.379 e. The fourth-order valence-corrected chi connectivity index (χ4v) is 1.85. The fraction of sp³-hybridized carbons (Fsp3) is 0.600. The van der Waals surface area contributed by atoms with Crippen molar-refractivity contribution in [2.75, 3.05) is 26.1 Å². The Bertz CT molecular complexity index is 627. The Morgan fingerprint density at radius 3 is 2.53 bits per heavy atom. The first-order valence-electron chi connectivity index (χ1n) is 9.60. The highest BCUT2D eigenvalue weighted by Gasteiger charge is 2.19. The van der Waals surface area contributed by atoms with Crippen LogP contribution in [0.25, 0.3) is 0 Å². The molecule has 94 valence electrons. The summed E-state index contributed by atoms with van der Waals surface area (Å²) in [7, 11) is 0. The second-order valence-corrected chi connectivity index (χ2v) is 5.02. The SMILES string of the molecule is [2H]C1([2H])OC([2H])([2H])C([2H])([2H])N(Cc2ccccc2C(C)(C)C)C1([2H])[2H]. The van der Waals surface area contributed by atoms with Crippen LogP contribution in [0.4, 0.5) is 0 Å². The lowest BCUT2D eigenvalue weighted by Gasteiger charge is -2.30. The van der Waals surface area contributed by atoms with Gasteiger partial charge in [0.25, 0.3) is 0 Å². The van der Waals surface area contributed by atoms with E-state index in [1.54, 1.807) is 12.1 Å². The summed E-state index contributed by atoms with van der Waals surface area (Å²) in [5.41, 5.74) is 1.17. The van der Waals surface area contributed by atoms with Crippen molar-refractivity contribution in [1.29, 1.82) is 0 Å². The molecule has 0 aromatic heterocycles. The minimum atomic E-state index is -3.02. The number of benzene rings is 1. The van der Waals surface area contributed by atoms with Gasteiger partial charge in [-0.15, -0.1) is 0 Å². The third kappa shape index (κ3) is 3.30. The van der Waals surface area contributed by atoms with Gasteiger partial charge >= 0.3 is 0 Å². The predicted molar refractivity (Wildman–Crippen MR) is 71.2 cm³/mol. The van der Waals surface area contributed by atoms with Crippen LogP contribution < -0.4 is 0 Å². The van der Waals surface area contributed by atoms with Gasteiger partial charge < -0.3 is 4.74 Å². The van der Waals surface area contributed by atoms with E-state index in [-0.39, 0.29) is 12.0 Å². The number of nitrogens with zero attached hydrogens (tertiary/aromatic N) is 1. The van der Waals surface area contributed by atoms with E-state index in [4.69, 9.17) is 11.0 Å². The van der Waals surface area contributed by atoms with Crippen molar-refractivity contribution in [3.8, 4) is 0 Å². The van der Waals surface area contributed by atoms with Gasteiger partial charge in [0, 0.05) is 25.0 Å². The topological polar surface area (TPSA) is 12.5 Å². The summed E-state index contributed by atoms with van der Waals surface area (Å²) in [4.78, 5) is 0.577. The molecule has 0 aliphatic carbocycles. The summed E-state index contributed by atoms with van der Waals surface area (Å²) in [6.07, 6.45) is 0. The Labute approximate surface area is 116 Å². The highest BCUT2D eigenvalue weighted by molar-refractivity contribution is 5.32. The van der Waals surface area contributed by atoms with Crippen molar-refractivity contribution < 1.29 is 15.7 Å². The molecule has 2 heteroatoms. The second kappa shape index (κ2) is 5.19. The smallest absolute Gasteiger partial charge is 0.0594 e. The Hall–Kier alpha value is -0.860. The van der Waals surface area contributed by atoms with Crippen LogP contribution in [0.2, 0.25) is 0 Å². The summed E-state index contributed by atoms with van der Waals surface area (Å²) < 4.78 is 67.9. The van der Waals surface area contributed by atoms with Crippen LogP contribution in [0.5, 0.6) is 0 Å². The molecule has 1 aliphatic rings. The van der Waals surface area contributed by atoms with Crippen LogP contribution in [0.3, 0.4) is 0 Å². The Kier molecular flexibility index (Phi) is 1.79. The molecule has 0 spiro atoms. The molecule has 0 N–H and O–H groups in total. The molecule has 2 rings (SSSR count). The first-order valence-corrected chi connectivity index (χ1v) is 5.60. The zero-order valence-electron chi connectivity index (χ0n) is 18.4. The standard InChI is InChI=1S/C15H23NO/c1-15(2,3)14-7-5-4-6-13(14)12-16-8-10-17-11-9-16/h4-7H,8-12H2,1-3H3/i8D2,9D2,10D2,11D2. The van der Waals surface area contributed by atoms with Crippen molar-refractivity contribution in [1.82, 2.24) is 4.90 Å². The van der Waals surface area contributed by atoms with Crippen molar-refractivity contribution in [2.45, 2.75) is 32.7 Å². The predicted octanol–water partition coefficient (Wildman–Crippen LogP) is 2.82. The third-order valence-electron chi connectivity index (χ3n) is 2.62. The average Bonchev–Trinajstić information content (AvgIpc) is 2.41. The molecular formula is C15H23NO. The van der Waals surface area contributed by atoms with Gasteiger partial charge in [0.1, 0.15) is 0 Å². The minimum absolute atomic E-state index is 0.291. The molecule has 1 aromatic carbocycles. The lowest BCUT2D eigenvalue weighted by atomic mass is 9.83. The molecule has 1 heterocycles. The van der Waals surface area contributed by atoms with Crippen LogP contribution in [-0.2, 0) is 16.7 Å². The van der Waals surface area contributed by atoms with Crippen LogP contribution >= 0.6 is 0 Å². The molecular weight excluding hydrogens is 210 g/mol. The second-order valence-electron chi connectivity index (χ2n) is 5.02. The number of hydrogen-bond acceptors (Lipinski definition) is 2. The lowest BCUT2D eigenvalue weighted by molar-refractivity contribution is 0.0340. The quantitative estimate of drug-likeness (QED) is 0.789. The highest BCUT2D eigenvalue weighted by atomic mass is 16.5. The van der Waals surface area contributed by atoms with Gasteiger partial charge in [0.15, 0.2) is 0 Å². The van der Waals surface area contributed by atoms with E-state index in [0.29, 0.717) is 10.5 Å². The summed E-state index contributed by atoms with van der Waals surface area (Å²) >= 11 is 0. The highest BCUT2D eigenvalue weighted by Crippen LogP contribution is 2.26. The van der Waals surface area contributed by atoms with Gasteiger partial charge in [-0.3, -0.25) is 4.90 Å². The first kappa shape index (κ1) is 5.85. The van der Waals surface area contributed by atoms with Crippen LogP contribution in [0, 0.1) is 0 Å². The van der Waals surface area contributed by atoms with Gasteiger partial charge in [-0.25, -0.2) is 0 Å². The number of morpholine rings is 1. The van der Waals surface area contributed by atoms with E-state index < -0.39 is 26.1 Å². The molecule has 0 atom stereocenters. The molecule has 0 saturated carbocycles. The summed E-state index contributed by atoms with van der Waals surface area (Å²) in [5, 5.41) is 0. The Morgan fingerprint density at radius 1 is 1.24 bits per heavy atom. The van der Waals surface area contributed by atoms with E-state index in [1.165, 1.54) is 0 Å². The summed E-state index contributed by atoms with van der Waals surface area (Å²) in [5.74, 6) is 0. The van der Waals surface area contributed by atoms with Gasteiger partial charge in [0.05, 0.1) is 18.6 Å². The average molecular weight is 241 g/mol. The number of hydrogen-bond donors (Lipinski definition) is 0. The third-order valence-corrected chi connectivity index (χ3v) is 2.62. The maximum atomic E-state index is 8.08. The number of rotatable bonds is 2. The molecule has 1 aliphatic heterocycles. The van der Waals surface area contributed by atoms with E-state index in [0.717, 1.165) is 5.56 Å². The molecule has 0 amide bonds. The maximum absolute atomic E-state index is 8.08. The van der Waals surface area contributed by atoms with E-state index >= 15 is 0 Å². The maximum Gasteiger partial charge on any atom is 0.0594 e. The Morgan fingerprint density at radius 2 is 1.88 bits per heavy atom. The van der Waals surface area contributed by atoms with Crippen molar-refractivity contribution in [3.05, 3.63) is 35.4 Å². The molecule has 0 radical (unpaired) electrons. The van der Waals surface area contributed by atoms with Crippen LogP contribution in [0.1, 0.15) is 42.9 Å². The largest absolute Gasteiger partial charge is 0.379 e. The molecule has 1 fully saturated rings. The molecule has 1 saturated heterocycles. The summed E-state index contributed by atoms with van der Waals surface area (Å²) in [6.45, 7) is -6.17. The van der Waals surface area contributed by atoms with Gasteiger partial charge in [-0.1, -0.05) is 45.0 Å².